The lowest BCUT2D eigenvalue weighted by atomic mass is 10.0. The molecule has 3 heteroatoms. The second kappa shape index (κ2) is 5.41. The van der Waals surface area contributed by atoms with E-state index in [9.17, 15) is 9.59 Å². The van der Waals surface area contributed by atoms with Gasteiger partial charge in [-0.2, -0.15) is 0 Å². The van der Waals surface area contributed by atoms with Gasteiger partial charge in [-0.1, -0.05) is 12.1 Å². The highest BCUT2D eigenvalue weighted by Gasteiger charge is 2.05. The number of nitrogens with one attached hydrogen (secondary N) is 1. The van der Waals surface area contributed by atoms with Gasteiger partial charge in [-0.25, -0.2) is 0 Å². The molecule has 0 aliphatic heterocycles. The number of rotatable bonds is 5. The highest BCUT2D eigenvalue weighted by atomic mass is 16.1. The molecular formula is C12H15NO2. The van der Waals surface area contributed by atoms with Crippen LogP contribution >= 0.6 is 0 Å². The van der Waals surface area contributed by atoms with Crippen molar-refractivity contribution in [2.24, 2.45) is 0 Å². The van der Waals surface area contributed by atoms with Crippen molar-refractivity contribution < 1.29 is 9.59 Å². The molecule has 0 atom stereocenters. The van der Waals surface area contributed by atoms with Crippen LogP contribution in [0.3, 0.4) is 0 Å². The van der Waals surface area contributed by atoms with Crippen LogP contribution in [0.15, 0.2) is 18.2 Å². The number of carbonyl (C=O) groups excluding carboxylic acids is 2. The standard InChI is InChI=1S/C12H15NO2/c1-9-3-4-11(7-10(9)2)12(15)8-13-5-6-14/h3-4,6-7,13H,5,8H2,1-2H3. The van der Waals surface area contributed by atoms with E-state index in [2.05, 4.69) is 5.32 Å². The Bertz CT molecular complexity index is 372. The van der Waals surface area contributed by atoms with E-state index in [0.29, 0.717) is 5.56 Å². The van der Waals surface area contributed by atoms with Gasteiger partial charge in [0.05, 0.1) is 13.1 Å². The van der Waals surface area contributed by atoms with Gasteiger partial charge in [-0.15, -0.1) is 0 Å². The molecule has 15 heavy (non-hydrogen) atoms. The Morgan fingerprint density at radius 2 is 2.07 bits per heavy atom. The van der Waals surface area contributed by atoms with Gasteiger partial charge >= 0.3 is 0 Å². The van der Waals surface area contributed by atoms with Crippen LogP contribution in [0.1, 0.15) is 21.5 Å². The van der Waals surface area contributed by atoms with Crippen LogP contribution in [0.2, 0.25) is 0 Å². The summed E-state index contributed by atoms with van der Waals surface area (Å²) in [6.07, 6.45) is 0.744. The zero-order chi connectivity index (χ0) is 11.3. The predicted octanol–water partition coefficient (Wildman–Crippen LogP) is 1.27. The van der Waals surface area contributed by atoms with Gasteiger partial charge in [0.2, 0.25) is 0 Å². The summed E-state index contributed by atoms with van der Waals surface area (Å²) in [5.74, 6) is 0.0138. The van der Waals surface area contributed by atoms with E-state index in [4.69, 9.17) is 0 Å². The van der Waals surface area contributed by atoms with Crippen molar-refractivity contribution in [3.63, 3.8) is 0 Å². The fourth-order valence-corrected chi connectivity index (χ4v) is 1.26. The summed E-state index contributed by atoms with van der Waals surface area (Å²) in [6.45, 7) is 4.41. The van der Waals surface area contributed by atoms with Gasteiger partial charge in [0.15, 0.2) is 5.78 Å². The number of ketones is 1. The summed E-state index contributed by atoms with van der Waals surface area (Å²) in [6, 6.07) is 5.62. The van der Waals surface area contributed by atoms with Gasteiger partial charge in [-0.05, 0) is 31.0 Å². The molecule has 0 unspecified atom stereocenters. The van der Waals surface area contributed by atoms with Crippen molar-refractivity contribution >= 4 is 12.1 Å². The third kappa shape index (κ3) is 3.29. The lowest BCUT2D eigenvalue weighted by Crippen LogP contribution is -2.24. The maximum Gasteiger partial charge on any atom is 0.176 e. The Balaban J connectivity index is 2.65. The zero-order valence-electron chi connectivity index (χ0n) is 9.04. The molecule has 80 valence electrons. The van der Waals surface area contributed by atoms with Crippen molar-refractivity contribution in [2.75, 3.05) is 13.1 Å². The summed E-state index contributed by atoms with van der Waals surface area (Å²) in [7, 11) is 0. The third-order valence-electron chi connectivity index (χ3n) is 2.34. The molecule has 0 aliphatic carbocycles. The van der Waals surface area contributed by atoms with E-state index in [1.165, 1.54) is 5.56 Å². The quantitative estimate of drug-likeness (QED) is 0.447. The largest absolute Gasteiger partial charge is 0.303 e. The molecule has 1 aromatic rings. The molecule has 0 bridgehead atoms. The van der Waals surface area contributed by atoms with E-state index < -0.39 is 0 Å². The first-order valence-electron chi connectivity index (χ1n) is 4.90. The van der Waals surface area contributed by atoms with Crippen LogP contribution in [-0.4, -0.2) is 25.2 Å². The molecular weight excluding hydrogens is 190 g/mol. The molecule has 0 aromatic heterocycles. The number of benzene rings is 1. The Morgan fingerprint density at radius 3 is 2.67 bits per heavy atom. The lowest BCUT2D eigenvalue weighted by Gasteiger charge is -2.04. The van der Waals surface area contributed by atoms with Crippen LogP contribution in [-0.2, 0) is 4.79 Å². The first kappa shape index (κ1) is 11.6. The van der Waals surface area contributed by atoms with E-state index in [-0.39, 0.29) is 18.9 Å². The summed E-state index contributed by atoms with van der Waals surface area (Å²) in [4.78, 5) is 21.7. The second-order valence-corrected chi connectivity index (χ2v) is 3.52. The van der Waals surface area contributed by atoms with Crippen molar-refractivity contribution in [3.05, 3.63) is 34.9 Å². The van der Waals surface area contributed by atoms with Crippen molar-refractivity contribution in [2.45, 2.75) is 13.8 Å². The smallest absolute Gasteiger partial charge is 0.176 e. The van der Waals surface area contributed by atoms with Crippen molar-refractivity contribution in [1.29, 1.82) is 0 Å². The van der Waals surface area contributed by atoms with Crippen LogP contribution in [0.25, 0.3) is 0 Å². The topological polar surface area (TPSA) is 46.2 Å². The van der Waals surface area contributed by atoms with Gasteiger partial charge < -0.3 is 10.1 Å². The second-order valence-electron chi connectivity index (χ2n) is 3.52. The zero-order valence-corrected chi connectivity index (χ0v) is 9.04. The maximum atomic E-state index is 11.6. The normalized spacial score (nSPS) is 10.0. The average molecular weight is 205 g/mol. The molecule has 0 saturated heterocycles. The number of hydrogen-bond donors (Lipinski definition) is 1. The Hall–Kier alpha value is -1.48. The fraction of sp³-hybridized carbons (Fsp3) is 0.333. The first-order chi connectivity index (χ1) is 7.15. The van der Waals surface area contributed by atoms with E-state index >= 15 is 0 Å². The van der Waals surface area contributed by atoms with Crippen LogP contribution in [0.5, 0.6) is 0 Å². The minimum Gasteiger partial charge on any atom is -0.303 e. The number of aldehydes is 1. The number of Topliss-reactive ketones (excluding diaryl/α,β-unsaturated/α-hetero) is 1. The van der Waals surface area contributed by atoms with Crippen LogP contribution in [0.4, 0.5) is 0 Å². The third-order valence-corrected chi connectivity index (χ3v) is 2.34. The molecule has 0 fully saturated rings. The molecule has 0 heterocycles. The molecule has 1 aromatic carbocycles. The maximum absolute atomic E-state index is 11.6. The molecule has 0 radical (unpaired) electrons. The molecule has 1 rings (SSSR count). The van der Waals surface area contributed by atoms with E-state index in [1.54, 1.807) is 0 Å². The molecule has 0 aliphatic rings. The predicted molar refractivity (Wildman–Crippen MR) is 59.2 cm³/mol. The van der Waals surface area contributed by atoms with Gasteiger partial charge in [0.25, 0.3) is 0 Å². The monoisotopic (exact) mass is 205 g/mol. The van der Waals surface area contributed by atoms with Crippen LogP contribution < -0.4 is 5.32 Å². The average Bonchev–Trinajstić information content (AvgIpc) is 2.22. The Kier molecular flexibility index (Phi) is 4.18. The lowest BCUT2D eigenvalue weighted by molar-refractivity contribution is -0.107. The first-order valence-corrected chi connectivity index (χ1v) is 4.90. The van der Waals surface area contributed by atoms with Gasteiger partial charge in [0.1, 0.15) is 6.29 Å². The molecule has 0 saturated carbocycles. The summed E-state index contributed by atoms with van der Waals surface area (Å²) in [5, 5.41) is 2.75. The number of aryl methyl sites for hydroxylation is 2. The van der Waals surface area contributed by atoms with Gasteiger partial charge in [0, 0.05) is 5.56 Å². The summed E-state index contributed by atoms with van der Waals surface area (Å²) >= 11 is 0. The fourth-order valence-electron chi connectivity index (χ4n) is 1.26. The summed E-state index contributed by atoms with van der Waals surface area (Å²) in [5.41, 5.74) is 2.97. The van der Waals surface area contributed by atoms with Crippen molar-refractivity contribution in [3.8, 4) is 0 Å². The molecule has 0 spiro atoms. The molecule has 1 N–H and O–H groups in total. The molecule has 0 amide bonds. The van der Waals surface area contributed by atoms with Crippen molar-refractivity contribution in [1.82, 2.24) is 5.32 Å². The molecule has 3 nitrogen and oxygen atoms in total. The Labute approximate surface area is 89.5 Å². The van der Waals surface area contributed by atoms with E-state index in [1.807, 2.05) is 32.0 Å². The van der Waals surface area contributed by atoms with Crippen LogP contribution in [0, 0.1) is 13.8 Å². The minimum absolute atomic E-state index is 0.0138. The highest BCUT2D eigenvalue weighted by molar-refractivity contribution is 5.97. The number of carbonyl (C=O) groups is 2. The summed E-state index contributed by atoms with van der Waals surface area (Å²) < 4.78 is 0. The highest BCUT2D eigenvalue weighted by Crippen LogP contribution is 2.09. The SMILES string of the molecule is Cc1ccc(C(=O)CNCC=O)cc1C. The minimum atomic E-state index is 0.0138. The van der Waals surface area contributed by atoms with Gasteiger partial charge in [-0.3, -0.25) is 4.79 Å². The van der Waals surface area contributed by atoms with E-state index in [0.717, 1.165) is 11.8 Å². The number of hydrogen-bond acceptors (Lipinski definition) is 3. The Morgan fingerprint density at radius 1 is 1.33 bits per heavy atom.